The molecule has 0 aliphatic heterocycles. The van der Waals surface area contributed by atoms with Gasteiger partial charge >= 0.3 is 123 Å². The summed E-state index contributed by atoms with van der Waals surface area (Å²) in [6.07, 6.45) is -10.4. The Hall–Kier alpha value is -1.76. The monoisotopic (exact) mass is 566 g/mol. The molecule has 0 spiro atoms. The van der Waals surface area contributed by atoms with Crippen LogP contribution in [0.5, 0.6) is 0 Å². The molecule has 0 saturated carbocycles. The van der Waals surface area contributed by atoms with Crippen LogP contribution in [0.2, 0.25) is 0 Å². The van der Waals surface area contributed by atoms with Gasteiger partial charge in [-0.1, -0.05) is 0 Å². The number of rotatable bonds is 15. The SMILES string of the molecule is O=C(O)CC(CC(=O)O)(OC(=O)CC(O)C(=O)OC(CC(=O)O)(CC(=O)O)C(=O)O)C(=O)O.[CaH2].[CaH2]. The van der Waals surface area contributed by atoms with E-state index in [0.29, 0.717) is 0 Å². The van der Waals surface area contributed by atoms with Crippen LogP contribution < -0.4 is 0 Å². The minimum absolute atomic E-state index is 0. The number of hydrogen-bond donors (Lipinski definition) is 7. The van der Waals surface area contributed by atoms with Gasteiger partial charge in [0.2, 0.25) is 11.2 Å². The zero-order valence-electron chi connectivity index (χ0n) is 16.3. The summed E-state index contributed by atoms with van der Waals surface area (Å²) >= 11 is 0. The maximum atomic E-state index is 12.0. The number of carbonyl (C=O) groups is 8. The Morgan fingerprint density at radius 2 is 0.857 bits per heavy atom. The third kappa shape index (κ3) is 12.7. The first kappa shape index (κ1) is 37.8. The van der Waals surface area contributed by atoms with Gasteiger partial charge in [-0.2, -0.15) is 0 Å². The number of carboxylic acids is 6. The number of aliphatic hydroxyl groups excluding tert-OH is 1. The van der Waals surface area contributed by atoms with Crippen molar-refractivity contribution in [1.29, 1.82) is 0 Å². The van der Waals surface area contributed by atoms with Gasteiger partial charge < -0.3 is 45.2 Å². The van der Waals surface area contributed by atoms with Crippen LogP contribution >= 0.6 is 0 Å². The first-order chi connectivity index (χ1) is 15.0. The fraction of sp³-hybridized carbons (Fsp3) is 0.500. The zero-order valence-corrected chi connectivity index (χ0v) is 16.3. The second kappa shape index (κ2) is 16.1. The molecule has 192 valence electrons. The molecule has 0 radical (unpaired) electrons. The van der Waals surface area contributed by atoms with Gasteiger partial charge in [0.25, 0.3) is 0 Å². The van der Waals surface area contributed by atoms with E-state index in [9.17, 15) is 43.5 Å². The second-order valence-electron chi connectivity index (χ2n) is 6.50. The molecule has 1 unspecified atom stereocenters. The van der Waals surface area contributed by atoms with Crippen LogP contribution in [-0.2, 0) is 47.8 Å². The molecule has 0 aliphatic carbocycles. The molecule has 0 bridgehead atoms. The van der Waals surface area contributed by atoms with Crippen molar-refractivity contribution in [2.24, 2.45) is 0 Å². The predicted octanol–water partition coefficient (Wildman–Crippen LogP) is -4.46. The van der Waals surface area contributed by atoms with Crippen LogP contribution in [0.4, 0.5) is 0 Å². The van der Waals surface area contributed by atoms with Crippen molar-refractivity contribution >= 4 is 123 Å². The average molecular weight is 566 g/mol. The summed E-state index contributed by atoms with van der Waals surface area (Å²) in [4.78, 5) is 90.3. The van der Waals surface area contributed by atoms with Crippen LogP contribution in [0.3, 0.4) is 0 Å². The van der Waals surface area contributed by atoms with Gasteiger partial charge in [0.1, 0.15) is 0 Å². The summed E-state index contributed by atoms with van der Waals surface area (Å²) in [6.45, 7) is 0. The molecule has 17 nitrogen and oxygen atoms in total. The summed E-state index contributed by atoms with van der Waals surface area (Å²) in [5.41, 5.74) is -6.34. The van der Waals surface area contributed by atoms with Crippen LogP contribution in [0.25, 0.3) is 0 Å². The van der Waals surface area contributed by atoms with E-state index in [1.807, 2.05) is 0 Å². The van der Waals surface area contributed by atoms with Crippen LogP contribution in [0.1, 0.15) is 32.1 Å². The molecule has 0 aromatic carbocycles. The summed E-state index contributed by atoms with van der Waals surface area (Å²) in [7, 11) is 0. The van der Waals surface area contributed by atoms with Gasteiger partial charge in [-0.25, -0.2) is 14.4 Å². The maximum absolute atomic E-state index is 12.0. The second-order valence-corrected chi connectivity index (χ2v) is 6.50. The molecule has 0 aromatic rings. The fourth-order valence-electron chi connectivity index (χ4n) is 2.40. The van der Waals surface area contributed by atoms with E-state index in [4.69, 9.17) is 30.6 Å². The van der Waals surface area contributed by atoms with Crippen molar-refractivity contribution in [3.63, 3.8) is 0 Å². The summed E-state index contributed by atoms with van der Waals surface area (Å²) in [6, 6.07) is 0. The van der Waals surface area contributed by atoms with E-state index in [1.54, 1.807) is 0 Å². The van der Waals surface area contributed by atoms with Gasteiger partial charge in [0.05, 0.1) is 32.1 Å². The molecule has 0 aromatic heterocycles. The Balaban J connectivity index is -0.00000512. The molecule has 0 rings (SSSR count). The van der Waals surface area contributed by atoms with Crippen LogP contribution in [0.15, 0.2) is 0 Å². The molecule has 0 heterocycles. The number of aliphatic hydroxyl groups is 1. The van der Waals surface area contributed by atoms with Gasteiger partial charge in [0, 0.05) is 0 Å². The zero-order chi connectivity index (χ0) is 26.1. The molecular weight excluding hydrogens is 544 g/mol. The first-order valence-electron chi connectivity index (χ1n) is 8.43. The Kier molecular flexibility index (Phi) is 17.4. The van der Waals surface area contributed by atoms with E-state index >= 15 is 0 Å². The summed E-state index contributed by atoms with van der Waals surface area (Å²) in [5, 5.41) is 63.3. The standard InChI is InChI=1S/C16H18O17.2Ca.4H/c17-6(12(27)33-16(14(30)31,4-9(22)23)5-10(24)25)1-11(26)32-15(13(28)29,2-7(18)19)3-8(20)21;;;;;;/h6,17H,1-5H2,(H,18,19)(H,20,21)(H,22,23)(H,24,25)(H,28,29)(H,30,31);;;;;;. The Bertz CT molecular complexity index is 834. The molecule has 19 heteroatoms. The molecule has 7 N–H and O–H groups in total. The van der Waals surface area contributed by atoms with Crippen LogP contribution in [0, 0.1) is 0 Å². The fourth-order valence-corrected chi connectivity index (χ4v) is 2.40. The van der Waals surface area contributed by atoms with E-state index in [1.165, 1.54) is 0 Å². The Labute approximate surface area is 254 Å². The van der Waals surface area contributed by atoms with Crippen LogP contribution in [-0.4, -0.2) is 176 Å². The topological polar surface area (TPSA) is 297 Å². The first-order valence-corrected chi connectivity index (χ1v) is 8.43. The molecule has 35 heavy (non-hydrogen) atoms. The predicted molar refractivity (Wildman–Crippen MR) is 110 cm³/mol. The van der Waals surface area contributed by atoms with E-state index in [-0.39, 0.29) is 75.5 Å². The Morgan fingerprint density at radius 1 is 0.571 bits per heavy atom. The van der Waals surface area contributed by atoms with Crippen molar-refractivity contribution in [3.05, 3.63) is 0 Å². The number of hydrogen-bond acceptors (Lipinski definition) is 11. The Morgan fingerprint density at radius 3 is 1.11 bits per heavy atom. The number of ether oxygens (including phenoxy) is 2. The van der Waals surface area contributed by atoms with E-state index in [2.05, 4.69) is 9.47 Å². The van der Waals surface area contributed by atoms with Crippen molar-refractivity contribution < 1.29 is 83.6 Å². The number of aliphatic carboxylic acids is 6. The van der Waals surface area contributed by atoms with Gasteiger partial charge in [0.15, 0.2) is 6.10 Å². The number of carbonyl (C=O) groups excluding carboxylic acids is 2. The van der Waals surface area contributed by atoms with Crippen molar-refractivity contribution in [2.75, 3.05) is 0 Å². The molecule has 0 aliphatic rings. The molecular formula is C16H22Ca2O17. The minimum atomic E-state index is -3.20. The van der Waals surface area contributed by atoms with Gasteiger partial charge in [-0.3, -0.25) is 24.0 Å². The summed E-state index contributed by atoms with van der Waals surface area (Å²) < 4.78 is 8.70. The molecule has 1 atom stereocenters. The number of esters is 2. The quantitative estimate of drug-likeness (QED) is 0.0726. The van der Waals surface area contributed by atoms with Gasteiger partial charge in [-0.15, -0.1) is 0 Å². The van der Waals surface area contributed by atoms with Crippen molar-refractivity contribution in [1.82, 2.24) is 0 Å². The molecule has 0 amide bonds. The number of carboxylic acid groups (broad SMARTS) is 6. The van der Waals surface area contributed by atoms with Gasteiger partial charge in [-0.05, 0) is 0 Å². The summed E-state index contributed by atoms with van der Waals surface area (Å²) in [5.74, 6) is -15.9. The molecule has 0 saturated heterocycles. The average Bonchev–Trinajstić information content (AvgIpc) is 2.58. The third-order valence-electron chi connectivity index (χ3n) is 3.76. The van der Waals surface area contributed by atoms with Crippen molar-refractivity contribution in [2.45, 2.75) is 49.4 Å². The van der Waals surface area contributed by atoms with E-state index < -0.39 is 97.2 Å². The van der Waals surface area contributed by atoms with Crippen molar-refractivity contribution in [3.8, 4) is 0 Å². The normalized spacial score (nSPS) is 11.5. The molecule has 0 fully saturated rings. The third-order valence-corrected chi connectivity index (χ3v) is 3.76. The van der Waals surface area contributed by atoms with E-state index in [0.717, 1.165) is 0 Å².